The number of nitrogens with one attached hydrogen (secondary N) is 1. The van der Waals surface area contributed by atoms with Crippen LogP contribution in [-0.4, -0.2) is 38.0 Å². The van der Waals surface area contributed by atoms with Gasteiger partial charge in [0.15, 0.2) is 0 Å². The summed E-state index contributed by atoms with van der Waals surface area (Å²) in [6, 6.07) is 12.4. The Bertz CT molecular complexity index is 543. The van der Waals surface area contributed by atoms with Crippen molar-refractivity contribution >= 4 is 16.7 Å². The maximum absolute atomic E-state index is 5.49. The Morgan fingerprint density at radius 3 is 3.06 bits per heavy atom. The van der Waals surface area contributed by atoms with E-state index >= 15 is 0 Å². The van der Waals surface area contributed by atoms with Crippen LogP contribution < -0.4 is 10.2 Å². The second kappa shape index (κ2) is 4.92. The highest BCUT2D eigenvalue weighted by Crippen LogP contribution is 2.20. The number of ether oxygens (including phenoxy) is 1. The molecule has 1 aliphatic heterocycles. The molecule has 4 heteroatoms. The van der Waals surface area contributed by atoms with Crippen molar-refractivity contribution in [3.8, 4) is 0 Å². The second-order valence-corrected chi connectivity index (χ2v) is 4.45. The Hall–Kier alpha value is -1.65. The third-order valence-corrected chi connectivity index (χ3v) is 3.35. The molecule has 1 aromatic carbocycles. The van der Waals surface area contributed by atoms with E-state index in [1.165, 1.54) is 5.39 Å². The van der Waals surface area contributed by atoms with Gasteiger partial charge in [-0.25, -0.2) is 4.98 Å². The number of benzene rings is 1. The molecule has 0 saturated carbocycles. The number of anilines is 1. The van der Waals surface area contributed by atoms with Crippen molar-refractivity contribution in [2.24, 2.45) is 0 Å². The minimum Gasteiger partial charge on any atom is -0.360 e. The average molecular weight is 243 g/mol. The Morgan fingerprint density at radius 1 is 1.28 bits per heavy atom. The Morgan fingerprint density at radius 2 is 2.17 bits per heavy atom. The molecule has 18 heavy (non-hydrogen) atoms. The molecule has 0 bridgehead atoms. The summed E-state index contributed by atoms with van der Waals surface area (Å²) < 4.78 is 5.49. The molecule has 2 heterocycles. The summed E-state index contributed by atoms with van der Waals surface area (Å²) >= 11 is 0. The molecule has 2 aromatic rings. The van der Waals surface area contributed by atoms with Gasteiger partial charge in [-0.05, 0) is 18.2 Å². The van der Waals surface area contributed by atoms with Crippen LogP contribution in [0.15, 0.2) is 36.4 Å². The second-order valence-electron chi connectivity index (χ2n) is 4.45. The van der Waals surface area contributed by atoms with Crippen LogP contribution >= 0.6 is 0 Å². The quantitative estimate of drug-likeness (QED) is 0.869. The van der Waals surface area contributed by atoms with Gasteiger partial charge < -0.3 is 15.0 Å². The molecule has 1 N–H and O–H groups in total. The molecular formula is C14H17N3O. The molecule has 0 radical (unpaired) electrons. The van der Waals surface area contributed by atoms with Crippen molar-refractivity contribution in [1.29, 1.82) is 0 Å². The van der Waals surface area contributed by atoms with Crippen LogP contribution in [0.3, 0.4) is 0 Å². The van der Waals surface area contributed by atoms with Crippen molar-refractivity contribution in [3.63, 3.8) is 0 Å². The van der Waals surface area contributed by atoms with Crippen molar-refractivity contribution < 1.29 is 4.74 Å². The van der Waals surface area contributed by atoms with E-state index in [0.29, 0.717) is 0 Å². The number of methoxy groups -OCH3 is 1. The van der Waals surface area contributed by atoms with Crippen LogP contribution in [-0.2, 0) is 4.74 Å². The number of nitrogens with zero attached hydrogens (tertiary/aromatic N) is 2. The Labute approximate surface area is 107 Å². The van der Waals surface area contributed by atoms with Crippen LogP contribution in [0.2, 0.25) is 0 Å². The van der Waals surface area contributed by atoms with E-state index in [9.17, 15) is 0 Å². The number of fused-ring (bicyclic) bond motifs is 1. The zero-order valence-electron chi connectivity index (χ0n) is 10.5. The molecule has 4 nitrogen and oxygen atoms in total. The van der Waals surface area contributed by atoms with Gasteiger partial charge in [0.2, 0.25) is 0 Å². The van der Waals surface area contributed by atoms with E-state index in [0.717, 1.165) is 31.0 Å². The predicted octanol–water partition coefficient (Wildman–Crippen LogP) is 1.62. The van der Waals surface area contributed by atoms with Crippen molar-refractivity contribution in [3.05, 3.63) is 36.4 Å². The van der Waals surface area contributed by atoms with Gasteiger partial charge >= 0.3 is 0 Å². The first kappa shape index (κ1) is 11.4. The third kappa shape index (κ3) is 2.05. The maximum Gasteiger partial charge on any atom is 0.143 e. The van der Waals surface area contributed by atoms with Gasteiger partial charge in [0, 0.05) is 32.1 Å². The Kier molecular flexibility index (Phi) is 3.13. The number of rotatable bonds is 2. The molecule has 94 valence electrons. The summed E-state index contributed by atoms with van der Waals surface area (Å²) in [5.41, 5.74) is 1.03. The van der Waals surface area contributed by atoms with E-state index < -0.39 is 0 Å². The van der Waals surface area contributed by atoms with Gasteiger partial charge in [0.1, 0.15) is 12.0 Å². The first-order chi connectivity index (χ1) is 8.88. The average Bonchev–Trinajstić information content (AvgIpc) is 2.46. The fourth-order valence-corrected chi connectivity index (χ4v) is 2.37. The molecule has 1 saturated heterocycles. The van der Waals surface area contributed by atoms with Crippen LogP contribution in [0.25, 0.3) is 10.9 Å². The van der Waals surface area contributed by atoms with E-state index in [1.54, 1.807) is 7.11 Å². The number of para-hydroxylation sites is 1. The third-order valence-electron chi connectivity index (χ3n) is 3.35. The molecule has 1 unspecified atom stereocenters. The summed E-state index contributed by atoms with van der Waals surface area (Å²) in [5, 5.41) is 4.50. The first-order valence-electron chi connectivity index (χ1n) is 6.24. The summed E-state index contributed by atoms with van der Waals surface area (Å²) in [6.45, 7) is 2.73. The smallest absolute Gasteiger partial charge is 0.143 e. The van der Waals surface area contributed by atoms with Crippen LogP contribution in [0.5, 0.6) is 0 Å². The standard InChI is InChI=1S/C14H17N3O/c1-18-14-10-15-8-9-17(14)13-7-6-11-4-2-3-5-12(11)16-13/h2-7,14-15H,8-10H2,1H3. The van der Waals surface area contributed by atoms with Gasteiger partial charge in [-0.1, -0.05) is 18.2 Å². The topological polar surface area (TPSA) is 37.4 Å². The molecule has 1 aromatic heterocycles. The largest absolute Gasteiger partial charge is 0.360 e. The lowest BCUT2D eigenvalue weighted by Crippen LogP contribution is -2.52. The summed E-state index contributed by atoms with van der Waals surface area (Å²) in [7, 11) is 1.74. The molecule has 0 amide bonds. The predicted molar refractivity (Wildman–Crippen MR) is 72.8 cm³/mol. The number of aromatic nitrogens is 1. The van der Waals surface area contributed by atoms with E-state index in [4.69, 9.17) is 9.72 Å². The molecule has 1 fully saturated rings. The zero-order valence-corrected chi connectivity index (χ0v) is 10.5. The van der Waals surface area contributed by atoms with E-state index in [2.05, 4.69) is 28.4 Å². The van der Waals surface area contributed by atoms with Gasteiger partial charge in [-0.15, -0.1) is 0 Å². The number of piperazine rings is 1. The van der Waals surface area contributed by atoms with Crippen molar-refractivity contribution in [2.45, 2.75) is 6.23 Å². The maximum atomic E-state index is 5.49. The van der Waals surface area contributed by atoms with Gasteiger partial charge in [0.05, 0.1) is 5.52 Å². The lowest BCUT2D eigenvalue weighted by molar-refractivity contribution is 0.0876. The van der Waals surface area contributed by atoms with Gasteiger partial charge in [-0.3, -0.25) is 0 Å². The lowest BCUT2D eigenvalue weighted by Gasteiger charge is -2.35. The number of pyridine rings is 1. The molecule has 1 aliphatic rings. The van der Waals surface area contributed by atoms with E-state index in [1.807, 2.05) is 18.2 Å². The van der Waals surface area contributed by atoms with Crippen LogP contribution in [0, 0.1) is 0 Å². The molecule has 0 aliphatic carbocycles. The van der Waals surface area contributed by atoms with Crippen molar-refractivity contribution in [2.75, 3.05) is 31.6 Å². The summed E-state index contributed by atoms with van der Waals surface area (Å²) in [5.74, 6) is 0.988. The fourth-order valence-electron chi connectivity index (χ4n) is 2.37. The molecular weight excluding hydrogens is 226 g/mol. The molecule has 3 rings (SSSR count). The summed E-state index contributed by atoms with van der Waals surface area (Å²) in [4.78, 5) is 6.93. The van der Waals surface area contributed by atoms with E-state index in [-0.39, 0.29) is 6.23 Å². The van der Waals surface area contributed by atoms with Crippen molar-refractivity contribution in [1.82, 2.24) is 10.3 Å². The van der Waals surface area contributed by atoms with Gasteiger partial charge in [-0.2, -0.15) is 0 Å². The highest BCUT2D eigenvalue weighted by atomic mass is 16.5. The Balaban J connectivity index is 1.97. The van der Waals surface area contributed by atoms with Crippen LogP contribution in [0.1, 0.15) is 0 Å². The monoisotopic (exact) mass is 243 g/mol. The highest BCUT2D eigenvalue weighted by molar-refractivity contribution is 5.80. The SMILES string of the molecule is COC1CNCCN1c1ccc2ccccc2n1. The van der Waals surface area contributed by atoms with Crippen LogP contribution in [0.4, 0.5) is 5.82 Å². The highest BCUT2D eigenvalue weighted by Gasteiger charge is 2.22. The number of hydrogen-bond acceptors (Lipinski definition) is 4. The normalized spacial score (nSPS) is 20.3. The minimum absolute atomic E-state index is 0.0624. The first-order valence-corrected chi connectivity index (χ1v) is 6.24. The van der Waals surface area contributed by atoms with Gasteiger partial charge in [0.25, 0.3) is 0 Å². The number of hydrogen-bond donors (Lipinski definition) is 1. The molecule has 0 spiro atoms. The zero-order chi connectivity index (χ0) is 12.4. The lowest BCUT2D eigenvalue weighted by atomic mass is 10.2. The fraction of sp³-hybridized carbons (Fsp3) is 0.357. The summed E-state index contributed by atoms with van der Waals surface area (Å²) in [6.07, 6.45) is 0.0624. The molecule has 1 atom stereocenters. The minimum atomic E-state index is 0.0624.